The fourth-order valence-electron chi connectivity index (χ4n) is 2.20. The van der Waals surface area contributed by atoms with Crippen molar-refractivity contribution in [2.75, 3.05) is 19.0 Å². The number of ether oxygens (including phenoxy) is 1. The van der Waals surface area contributed by atoms with Crippen LogP contribution in [0.5, 0.6) is 5.75 Å². The number of fused-ring (bicyclic) bond motifs is 1. The number of methoxy groups -OCH3 is 1. The monoisotopic (exact) mass is 373 g/mol. The van der Waals surface area contributed by atoms with Gasteiger partial charge in [0.25, 0.3) is 0 Å². The van der Waals surface area contributed by atoms with E-state index in [-0.39, 0.29) is 0 Å². The van der Waals surface area contributed by atoms with E-state index < -0.39 is 21.4 Å². The van der Waals surface area contributed by atoms with Crippen LogP contribution >= 0.6 is 0 Å². The van der Waals surface area contributed by atoms with E-state index in [1.165, 1.54) is 9.14 Å². The van der Waals surface area contributed by atoms with Gasteiger partial charge >= 0.3 is 129 Å². The number of nitrogens with zero attached hydrogens (tertiary/aromatic N) is 2. The molecule has 3 rings (SSSR count). The van der Waals surface area contributed by atoms with E-state index in [4.69, 9.17) is 7.95 Å². The summed E-state index contributed by atoms with van der Waals surface area (Å²) in [5.74, 6) is 1.79. The van der Waals surface area contributed by atoms with Crippen LogP contribution in [0.4, 0.5) is 5.82 Å². The fourth-order valence-corrected chi connectivity index (χ4v) is 4.91. The molecule has 0 unspecified atom stereocenters. The molecule has 100 valence electrons. The molecule has 0 atom stereocenters. The Bertz CT molecular complexity index is 670. The molecule has 0 bridgehead atoms. The molecule has 1 N–H and O–H groups in total. The van der Waals surface area contributed by atoms with Gasteiger partial charge in [-0.2, -0.15) is 0 Å². The quantitative estimate of drug-likeness (QED) is 0.831. The topological polar surface area (TPSA) is 46.5 Å². The van der Waals surface area contributed by atoms with Crippen molar-refractivity contribution in [1.29, 1.82) is 0 Å². The average molecular weight is 372 g/mol. The summed E-state index contributed by atoms with van der Waals surface area (Å²) in [7, 11) is 1.70. The first-order chi connectivity index (χ1) is 9.81. The maximum absolute atomic E-state index is 5.33. The van der Waals surface area contributed by atoms with Crippen LogP contribution in [0.25, 0.3) is 0 Å². The number of nitrogens with one attached hydrogen (secondary N) is 1. The van der Waals surface area contributed by atoms with Crippen molar-refractivity contribution in [3.63, 3.8) is 0 Å². The molecule has 1 aromatic heterocycles. The van der Waals surface area contributed by atoms with Gasteiger partial charge in [0.15, 0.2) is 0 Å². The third-order valence-corrected chi connectivity index (χ3v) is 6.05. The summed E-state index contributed by atoms with van der Waals surface area (Å²) in [6.45, 7) is 2.93. The molecule has 0 spiro atoms. The second-order valence-corrected chi connectivity index (χ2v) is 7.26. The van der Waals surface area contributed by atoms with Gasteiger partial charge in [-0.3, -0.25) is 0 Å². The second kappa shape index (κ2) is 5.83. The summed E-state index contributed by atoms with van der Waals surface area (Å²) in [4.78, 5) is 4.31. The minimum absolute atomic E-state index is 0.843. The van der Waals surface area contributed by atoms with Crippen LogP contribution < -0.4 is 13.6 Å². The van der Waals surface area contributed by atoms with Crippen LogP contribution in [0.15, 0.2) is 39.7 Å². The Balaban J connectivity index is 1.99. The van der Waals surface area contributed by atoms with E-state index in [0.29, 0.717) is 0 Å². The molecular formula is C15H15N3OSn. The third kappa shape index (κ3) is 2.52. The molecule has 4 nitrogen and oxygen atoms in total. The van der Waals surface area contributed by atoms with Gasteiger partial charge in [0.1, 0.15) is 0 Å². The zero-order valence-corrected chi connectivity index (χ0v) is 14.3. The molecule has 0 saturated carbocycles. The Kier molecular flexibility index (Phi) is 3.91. The van der Waals surface area contributed by atoms with Crippen LogP contribution in [0.1, 0.15) is 18.1 Å². The van der Waals surface area contributed by atoms with Crippen LogP contribution in [-0.2, 0) is 0 Å². The summed E-state index contributed by atoms with van der Waals surface area (Å²) in [6, 6.07) is 10.4. The molecule has 2 aromatic rings. The van der Waals surface area contributed by atoms with Gasteiger partial charge in [0.05, 0.1) is 0 Å². The van der Waals surface area contributed by atoms with Crippen LogP contribution in [-0.4, -0.2) is 45.8 Å². The molecular weight excluding hydrogens is 357 g/mol. The number of anilines is 1. The van der Waals surface area contributed by atoms with Crippen molar-refractivity contribution in [3.05, 3.63) is 47.7 Å². The van der Waals surface area contributed by atoms with E-state index in [9.17, 15) is 0 Å². The number of rotatable bonds is 4. The number of benzene rings is 1. The first-order valence-electron chi connectivity index (χ1n) is 6.54. The Labute approximate surface area is 128 Å². The van der Waals surface area contributed by atoms with Crippen molar-refractivity contribution in [1.82, 2.24) is 4.98 Å². The normalized spacial score (nSPS) is 12.8. The molecule has 20 heavy (non-hydrogen) atoms. The first-order valence-corrected chi connectivity index (χ1v) is 9.24. The number of hydrogen-bond donors (Lipinski definition) is 1. The van der Waals surface area contributed by atoms with Crippen LogP contribution in [0, 0.1) is 0 Å². The molecule has 1 aliphatic heterocycles. The van der Waals surface area contributed by atoms with Crippen LogP contribution in [0.3, 0.4) is 0 Å². The maximum atomic E-state index is 5.33. The molecule has 1 aliphatic rings. The van der Waals surface area contributed by atoms with Crippen LogP contribution in [0.2, 0.25) is 0 Å². The number of pyridine rings is 1. The Morgan fingerprint density at radius 1 is 1.25 bits per heavy atom. The zero-order valence-electron chi connectivity index (χ0n) is 11.5. The van der Waals surface area contributed by atoms with Crippen molar-refractivity contribution in [2.45, 2.75) is 6.92 Å². The molecule has 0 fully saturated rings. The summed E-state index contributed by atoms with van der Waals surface area (Å²) in [6.07, 6.45) is 1.83. The number of aromatic nitrogens is 1. The standard InChI is InChI=1S/C15H15N3O.Sn/c1-3-17-14-10-12(7-8-18-14)15(16)11-5-4-6-13(9-11)19-2;/h4,6-10H,3H2,1-2H3,(H,17,18);/q-1;+1. The molecule has 0 amide bonds. The third-order valence-electron chi connectivity index (χ3n) is 3.16. The van der Waals surface area contributed by atoms with Crippen molar-refractivity contribution in [3.8, 4) is 5.75 Å². The van der Waals surface area contributed by atoms with E-state index in [2.05, 4.69) is 35.4 Å². The van der Waals surface area contributed by atoms with Gasteiger partial charge in [-0.1, -0.05) is 0 Å². The van der Waals surface area contributed by atoms with Crippen molar-refractivity contribution >= 4 is 36.5 Å². The van der Waals surface area contributed by atoms with Gasteiger partial charge in [-0.15, -0.1) is 0 Å². The first kappa shape index (κ1) is 13.4. The molecule has 5 heteroatoms. The fraction of sp³-hybridized carbons (Fsp3) is 0.200. The van der Waals surface area contributed by atoms with E-state index in [0.717, 1.165) is 29.4 Å². The molecule has 0 aliphatic carbocycles. The van der Waals surface area contributed by atoms with Gasteiger partial charge in [-0.25, -0.2) is 0 Å². The van der Waals surface area contributed by atoms with E-state index in [1.807, 2.05) is 18.3 Å². The molecule has 2 heterocycles. The predicted octanol–water partition coefficient (Wildman–Crippen LogP) is 1.62. The van der Waals surface area contributed by atoms with Crippen molar-refractivity contribution in [2.24, 2.45) is 3.21 Å². The number of hydrogen-bond acceptors (Lipinski definition) is 4. The second-order valence-electron chi connectivity index (χ2n) is 4.44. The van der Waals surface area contributed by atoms with Gasteiger partial charge < -0.3 is 0 Å². The average Bonchev–Trinajstić information content (AvgIpc) is 2.90. The Hall–Kier alpha value is -1.56. The summed E-state index contributed by atoms with van der Waals surface area (Å²) in [5.41, 5.74) is 3.44. The summed E-state index contributed by atoms with van der Waals surface area (Å²) in [5, 5.41) is 3.24. The van der Waals surface area contributed by atoms with Gasteiger partial charge in [0, 0.05) is 0 Å². The summed E-state index contributed by atoms with van der Waals surface area (Å²) >= 11 is -0.843. The minimum atomic E-state index is -0.843. The Morgan fingerprint density at radius 2 is 2.15 bits per heavy atom. The van der Waals surface area contributed by atoms with Crippen molar-refractivity contribution < 1.29 is 4.74 Å². The predicted molar refractivity (Wildman–Crippen MR) is 82.4 cm³/mol. The molecule has 2 radical (unpaired) electrons. The van der Waals surface area contributed by atoms with E-state index >= 15 is 0 Å². The summed E-state index contributed by atoms with van der Waals surface area (Å²) < 4.78 is 11.6. The molecule has 1 aromatic carbocycles. The Morgan fingerprint density at radius 3 is 2.95 bits per heavy atom. The van der Waals surface area contributed by atoms with Gasteiger partial charge in [0.2, 0.25) is 0 Å². The van der Waals surface area contributed by atoms with E-state index in [1.54, 1.807) is 7.11 Å². The molecule has 0 saturated heterocycles. The van der Waals surface area contributed by atoms with Gasteiger partial charge in [-0.05, 0) is 0 Å². The SMILES string of the molecule is CCNc1cc(C2=[N][Sn][c]3ccc(OC)cc32)ccn1. The zero-order chi connectivity index (χ0) is 13.9.